The van der Waals surface area contributed by atoms with Gasteiger partial charge in [-0.2, -0.15) is 13.2 Å². The molecule has 1 rings (SSSR count). The second-order valence-corrected chi connectivity index (χ2v) is 3.83. The highest BCUT2D eigenvalue weighted by molar-refractivity contribution is 5.76. The van der Waals surface area contributed by atoms with E-state index in [2.05, 4.69) is 0 Å². The van der Waals surface area contributed by atoms with E-state index < -0.39 is 18.5 Å². The number of hydrogen-bond acceptors (Lipinski definition) is 2. The fourth-order valence-corrected chi connectivity index (χ4v) is 1.58. The van der Waals surface area contributed by atoms with Gasteiger partial charge in [0.1, 0.15) is 6.42 Å². The lowest BCUT2D eigenvalue weighted by atomic mass is 10.3. The Hall–Kier alpha value is -0.780. The molecular formula is C9H15F3N2O. The van der Waals surface area contributed by atoms with Crippen LogP contribution in [0.5, 0.6) is 0 Å². The second-order valence-electron chi connectivity index (χ2n) is 3.83. The molecule has 6 heteroatoms. The summed E-state index contributed by atoms with van der Waals surface area (Å²) < 4.78 is 35.9. The SMILES string of the molecule is CN1CCCN(C(=O)CC(F)(F)F)CC1. The number of alkyl halides is 3. The normalized spacial score (nSPS) is 20.1. The van der Waals surface area contributed by atoms with Crippen molar-refractivity contribution in [3.8, 4) is 0 Å². The van der Waals surface area contributed by atoms with Crippen LogP contribution in [0.2, 0.25) is 0 Å². The van der Waals surface area contributed by atoms with E-state index in [1.165, 1.54) is 4.90 Å². The molecule has 15 heavy (non-hydrogen) atoms. The van der Waals surface area contributed by atoms with Crippen molar-refractivity contribution in [2.45, 2.75) is 19.0 Å². The van der Waals surface area contributed by atoms with Gasteiger partial charge in [0.05, 0.1) is 0 Å². The van der Waals surface area contributed by atoms with Crippen molar-refractivity contribution >= 4 is 5.91 Å². The molecule has 1 aliphatic rings. The predicted octanol–water partition coefficient (Wildman–Crippen LogP) is 1.10. The van der Waals surface area contributed by atoms with E-state index in [1.807, 2.05) is 11.9 Å². The summed E-state index contributed by atoms with van der Waals surface area (Å²) in [4.78, 5) is 14.6. The lowest BCUT2D eigenvalue weighted by Gasteiger charge is -2.21. The van der Waals surface area contributed by atoms with Gasteiger partial charge in [-0.05, 0) is 20.0 Å². The molecule has 0 bridgehead atoms. The van der Waals surface area contributed by atoms with Crippen LogP contribution in [0.1, 0.15) is 12.8 Å². The van der Waals surface area contributed by atoms with Gasteiger partial charge in [0.15, 0.2) is 0 Å². The third-order valence-electron chi connectivity index (χ3n) is 2.42. The highest BCUT2D eigenvalue weighted by atomic mass is 19.4. The van der Waals surface area contributed by atoms with Crippen molar-refractivity contribution in [3.05, 3.63) is 0 Å². The van der Waals surface area contributed by atoms with E-state index in [0.29, 0.717) is 19.6 Å². The molecule has 1 fully saturated rings. The lowest BCUT2D eigenvalue weighted by Crippen LogP contribution is -2.36. The number of amides is 1. The van der Waals surface area contributed by atoms with Crippen LogP contribution in [0.3, 0.4) is 0 Å². The van der Waals surface area contributed by atoms with Crippen molar-refractivity contribution in [2.24, 2.45) is 0 Å². The smallest absolute Gasteiger partial charge is 0.341 e. The average Bonchev–Trinajstić information content (AvgIpc) is 2.26. The van der Waals surface area contributed by atoms with Crippen molar-refractivity contribution in [3.63, 3.8) is 0 Å². The van der Waals surface area contributed by atoms with Crippen molar-refractivity contribution < 1.29 is 18.0 Å². The van der Waals surface area contributed by atoms with Crippen LogP contribution < -0.4 is 0 Å². The Morgan fingerprint density at radius 3 is 2.47 bits per heavy atom. The molecule has 1 amide bonds. The fourth-order valence-electron chi connectivity index (χ4n) is 1.58. The summed E-state index contributed by atoms with van der Waals surface area (Å²) in [5.41, 5.74) is 0. The largest absolute Gasteiger partial charge is 0.397 e. The molecule has 88 valence electrons. The molecule has 0 unspecified atom stereocenters. The van der Waals surface area contributed by atoms with Crippen molar-refractivity contribution in [1.29, 1.82) is 0 Å². The van der Waals surface area contributed by atoms with Crippen LogP contribution in [0.25, 0.3) is 0 Å². The minimum Gasteiger partial charge on any atom is -0.341 e. The number of rotatable bonds is 1. The number of carbonyl (C=O) groups is 1. The summed E-state index contributed by atoms with van der Waals surface area (Å²) in [5.74, 6) is -0.808. The van der Waals surface area contributed by atoms with E-state index in [-0.39, 0.29) is 0 Å². The quantitative estimate of drug-likeness (QED) is 0.666. The number of nitrogens with zero attached hydrogens (tertiary/aromatic N) is 2. The summed E-state index contributed by atoms with van der Waals surface area (Å²) in [5, 5.41) is 0. The Morgan fingerprint density at radius 2 is 1.87 bits per heavy atom. The highest BCUT2D eigenvalue weighted by Crippen LogP contribution is 2.21. The summed E-state index contributed by atoms with van der Waals surface area (Å²) in [7, 11) is 1.90. The molecule has 0 aromatic carbocycles. The Morgan fingerprint density at radius 1 is 1.20 bits per heavy atom. The topological polar surface area (TPSA) is 23.6 Å². The standard InChI is InChI=1S/C9H15F3N2O/c1-13-3-2-4-14(6-5-13)8(15)7-9(10,11)12/h2-7H2,1H3. The van der Waals surface area contributed by atoms with Crippen LogP contribution >= 0.6 is 0 Å². The number of hydrogen-bond donors (Lipinski definition) is 0. The van der Waals surface area contributed by atoms with E-state index in [4.69, 9.17) is 0 Å². The summed E-state index contributed by atoms with van der Waals surface area (Å²) >= 11 is 0. The predicted molar refractivity (Wildman–Crippen MR) is 49.4 cm³/mol. The van der Waals surface area contributed by atoms with Crippen LogP contribution in [-0.4, -0.2) is 55.1 Å². The number of halogens is 3. The van der Waals surface area contributed by atoms with Crippen LogP contribution in [0.4, 0.5) is 13.2 Å². The van der Waals surface area contributed by atoms with E-state index >= 15 is 0 Å². The zero-order valence-corrected chi connectivity index (χ0v) is 8.68. The molecule has 1 aliphatic heterocycles. The monoisotopic (exact) mass is 224 g/mol. The third-order valence-corrected chi connectivity index (χ3v) is 2.42. The van der Waals surface area contributed by atoms with Gasteiger partial charge in [0.25, 0.3) is 0 Å². The van der Waals surface area contributed by atoms with E-state index in [1.54, 1.807) is 0 Å². The van der Waals surface area contributed by atoms with Gasteiger partial charge in [-0.1, -0.05) is 0 Å². The molecule has 0 saturated carbocycles. The van der Waals surface area contributed by atoms with E-state index in [0.717, 1.165) is 13.0 Å². The maximum Gasteiger partial charge on any atom is 0.397 e. The zero-order valence-electron chi connectivity index (χ0n) is 8.68. The third kappa shape index (κ3) is 4.51. The summed E-state index contributed by atoms with van der Waals surface area (Å²) in [6, 6.07) is 0. The van der Waals surface area contributed by atoms with Crippen LogP contribution in [-0.2, 0) is 4.79 Å². The van der Waals surface area contributed by atoms with Gasteiger partial charge in [-0.25, -0.2) is 0 Å². The molecule has 0 aromatic rings. The molecule has 0 N–H and O–H groups in total. The Balaban J connectivity index is 2.45. The Bertz CT molecular complexity index is 230. The fraction of sp³-hybridized carbons (Fsp3) is 0.889. The minimum absolute atomic E-state index is 0.394. The molecule has 1 saturated heterocycles. The Labute approximate surface area is 86.8 Å². The molecule has 0 atom stereocenters. The molecule has 0 spiro atoms. The average molecular weight is 224 g/mol. The first kappa shape index (κ1) is 12.3. The van der Waals surface area contributed by atoms with Crippen molar-refractivity contribution in [1.82, 2.24) is 9.80 Å². The van der Waals surface area contributed by atoms with Gasteiger partial charge in [-0.3, -0.25) is 4.79 Å². The van der Waals surface area contributed by atoms with Gasteiger partial charge in [0, 0.05) is 19.6 Å². The molecule has 0 aliphatic carbocycles. The molecular weight excluding hydrogens is 209 g/mol. The maximum absolute atomic E-state index is 12.0. The summed E-state index contributed by atoms with van der Waals surface area (Å²) in [6.07, 6.45) is -4.99. The lowest BCUT2D eigenvalue weighted by molar-refractivity contribution is -0.161. The number of carbonyl (C=O) groups excluding carboxylic acids is 1. The first-order valence-corrected chi connectivity index (χ1v) is 4.91. The first-order chi connectivity index (χ1) is 6.88. The number of likely N-dealkylation sites (N-methyl/N-ethyl adjacent to an activating group) is 1. The minimum atomic E-state index is -4.39. The first-order valence-electron chi connectivity index (χ1n) is 4.91. The van der Waals surface area contributed by atoms with E-state index in [9.17, 15) is 18.0 Å². The molecule has 0 radical (unpaired) electrons. The molecule has 1 heterocycles. The highest BCUT2D eigenvalue weighted by Gasteiger charge is 2.33. The van der Waals surface area contributed by atoms with Crippen LogP contribution in [0.15, 0.2) is 0 Å². The van der Waals surface area contributed by atoms with Gasteiger partial charge < -0.3 is 9.80 Å². The molecule has 3 nitrogen and oxygen atoms in total. The summed E-state index contributed by atoms with van der Waals surface area (Å²) in [6.45, 7) is 2.30. The molecule has 0 aromatic heterocycles. The second kappa shape index (κ2) is 4.83. The van der Waals surface area contributed by atoms with Crippen LogP contribution in [0, 0.1) is 0 Å². The van der Waals surface area contributed by atoms with Gasteiger partial charge in [-0.15, -0.1) is 0 Å². The van der Waals surface area contributed by atoms with Gasteiger partial charge in [0.2, 0.25) is 5.91 Å². The van der Waals surface area contributed by atoms with Gasteiger partial charge >= 0.3 is 6.18 Å². The van der Waals surface area contributed by atoms with Crippen molar-refractivity contribution in [2.75, 3.05) is 33.2 Å². The Kier molecular flexibility index (Phi) is 3.96. The maximum atomic E-state index is 12.0. The zero-order chi connectivity index (χ0) is 11.5.